The normalized spacial score (nSPS) is 20.4. The van der Waals surface area contributed by atoms with E-state index in [1.807, 2.05) is 6.92 Å². The zero-order chi connectivity index (χ0) is 21.7. The van der Waals surface area contributed by atoms with Crippen LogP contribution in [0.3, 0.4) is 0 Å². The van der Waals surface area contributed by atoms with Gasteiger partial charge in [-0.1, -0.05) is 6.07 Å². The molecule has 0 aliphatic carbocycles. The molecular weight excluding hydrogens is 446 g/mol. The predicted molar refractivity (Wildman–Crippen MR) is 116 cm³/mol. The van der Waals surface area contributed by atoms with Gasteiger partial charge in [-0.25, -0.2) is 16.8 Å². The molecule has 1 amide bonds. The van der Waals surface area contributed by atoms with Gasteiger partial charge in [-0.15, -0.1) is 11.3 Å². The average Bonchev–Trinajstić information content (AvgIpc) is 3.34. The number of nitrogens with zero attached hydrogens (tertiary/aromatic N) is 3. The third kappa shape index (κ3) is 3.75. The number of sulfonamides is 2. The van der Waals surface area contributed by atoms with E-state index >= 15 is 0 Å². The van der Waals surface area contributed by atoms with E-state index in [0.29, 0.717) is 35.0 Å². The lowest BCUT2D eigenvalue weighted by molar-refractivity contribution is 0.0698. The highest BCUT2D eigenvalue weighted by Crippen LogP contribution is 2.35. The van der Waals surface area contributed by atoms with Gasteiger partial charge in [-0.05, 0) is 48.6 Å². The number of thiophene rings is 1. The van der Waals surface area contributed by atoms with E-state index in [1.54, 1.807) is 40.6 Å². The average molecular weight is 470 g/mol. The minimum atomic E-state index is -3.52. The third-order valence-electron chi connectivity index (χ3n) is 5.45. The molecule has 1 atom stereocenters. The van der Waals surface area contributed by atoms with E-state index < -0.39 is 20.0 Å². The molecule has 2 aromatic rings. The van der Waals surface area contributed by atoms with Gasteiger partial charge in [-0.3, -0.25) is 9.10 Å². The standard InChI is InChI=1S/C19H23N3O5S3/c1-14-12-16-13-15(5-6-17(16)22(14)29(2,24)25)19(23)20-7-9-21(10-8-20)30(26,27)18-4-3-11-28-18/h3-6,11,13-14H,7-10,12H2,1-2H3/t14-/m1/s1. The van der Waals surface area contributed by atoms with Crippen LogP contribution in [0.15, 0.2) is 39.9 Å². The molecule has 8 nitrogen and oxygen atoms in total. The van der Waals surface area contributed by atoms with Crippen molar-refractivity contribution in [3.05, 3.63) is 46.8 Å². The Balaban J connectivity index is 1.48. The van der Waals surface area contributed by atoms with Crippen molar-refractivity contribution in [2.24, 2.45) is 0 Å². The van der Waals surface area contributed by atoms with Crippen molar-refractivity contribution >= 4 is 43.0 Å². The topological polar surface area (TPSA) is 95.1 Å². The van der Waals surface area contributed by atoms with Gasteiger partial charge in [0, 0.05) is 37.8 Å². The predicted octanol–water partition coefficient (Wildman–Crippen LogP) is 1.61. The van der Waals surface area contributed by atoms with Gasteiger partial charge in [0.1, 0.15) is 4.21 Å². The van der Waals surface area contributed by atoms with Crippen molar-refractivity contribution in [3.63, 3.8) is 0 Å². The Morgan fingerprint density at radius 2 is 1.77 bits per heavy atom. The first-order valence-corrected chi connectivity index (χ1v) is 13.7. The molecule has 1 aromatic carbocycles. The zero-order valence-corrected chi connectivity index (χ0v) is 19.1. The highest BCUT2D eigenvalue weighted by Gasteiger charge is 2.34. The fourth-order valence-electron chi connectivity index (χ4n) is 4.09. The van der Waals surface area contributed by atoms with Crippen LogP contribution in [0, 0.1) is 0 Å². The quantitative estimate of drug-likeness (QED) is 0.678. The highest BCUT2D eigenvalue weighted by molar-refractivity contribution is 7.92. The maximum atomic E-state index is 13.0. The molecular formula is C19H23N3O5S3. The molecule has 162 valence electrons. The van der Waals surface area contributed by atoms with Gasteiger partial charge in [0.25, 0.3) is 15.9 Å². The molecule has 4 rings (SSSR count). The van der Waals surface area contributed by atoms with Crippen LogP contribution in [-0.2, 0) is 26.5 Å². The second-order valence-corrected chi connectivity index (χ2v) is 12.6. The van der Waals surface area contributed by atoms with Crippen LogP contribution in [0.1, 0.15) is 22.8 Å². The lowest BCUT2D eigenvalue weighted by atomic mass is 10.1. The Morgan fingerprint density at radius 3 is 2.37 bits per heavy atom. The Bertz CT molecular complexity index is 1170. The molecule has 0 N–H and O–H groups in total. The number of fused-ring (bicyclic) bond motifs is 1. The van der Waals surface area contributed by atoms with Gasteiger partial charge < -0.3 is 4.90 Å². The second-order valence-electron chi connectivity index (χ2n) is 7.58. The Kier molecular flexibility index (Phi) is 5.41. The van der Waals surface area contributed by atoms with Gasteiger partial charge in [0.05, 0.1) is 11.9 Å². The van der Waals surface area contributed by atoms with Crippen LogP contribution in [-0.4, -0.2) is 70.4 Å². The molecule has 1 saturated heterocycles. The lowest BCUT2D eigenvalue weighted by Crippen LogP contribution is -2.50. The number of piperazine rings is 1. The summed E-state index contributed by atoms with van der Waals surface area (Å²) in [5.41, 5.74) is 1.94. The molecule has 1 fully saturated rings. The zero-order valence-electron chi connectivity index (χ0n) is 16.7. The highest BCUT2D eigenvalue weighted by atomic mass is 32.2. The molecule has 2 aliphatic heterocycles. The van der Waals surface area contributed by atoms with Gasteiger partial charge in [-0.2, -0.15) is 4.31 Å². The summed E-state index contributed by atoms with van der Waals surface area (Å²) in [7, 11) is -6.90. The fourth-order valence-corrected chi connectivity index (χ4v) is 7.92. The summed E-state index contributed by atoms with van der Waals surface area (Å²) in [4.78, 5) is 14.6. The maximum absolute atomic E-state index is 13.0. The summed E-state index contributed by atoms with van der Waals surface area (Å²) < 4.78 is 52.5. The molecule has 30 heavy (non-hydrogen) atoms. The second kappa shape index (κ2) is 7.63. The molecule has 0 unspecified atom stereocenters. The number of hydrogen-bond donors (Lipinski definition) is 0. The summed E-state index contributed by atoms with van der Waals surface area (Å²) >= 11 is 1.18. The Morgan fingerprint density at radius 1 is 1.07 bits per heavy atom. The largest absolute Gasteiger partial charge is 0.336 e. The number of hydrogen-bond acceptors (Lipinski definition) is 6. The Labute approximate surface area is 180 Å². The molecule has 0 bridgehead atoms. The fraction of sp³-hybridized carbons (Fsp3) is 0.421. The van der Waals surface area contributed by atoms with Gasteiger partial charge in [0.2, 0.25) is 10.0 Å². The molecule has 1 aromatic heterocycles. The molecule has 11 heteroatoms. The molecule has 0 saturated carbocycles. The number of anilines is 1. The van der Waals surface area contributed by atoms with Crippen molar-refractivity contribution in [3.8, 4) is 0 Å². The third-order valence-corrected chi connectivity index (χ3v) is 9.99. The molecule has 2 aliphatic rings. The summed E-state index contributed by atoms with van der Waals surface area (Å²) in [6.45, 7) is 2.96. The van der Waals surface area contributed by atoms with E-state index in [4.69, 9.17) is 0 Å². The van der Waals surface area contributed by atoms with Crippen molar-refractivity contribution in [2.45, 2.75) is 23.6 Å². The number of amides is 1. The smallest absolute Gasteiger partial charge is 0.253 e. The summed E-state index contributed by atoms with van der Waals surface area (Å²) in [6.07, 6.45) is 1.73. The minimum Gasteiger partial charge on any atom is -0.336 e. The van der Waals surface area contributed by atoms with E-state index in [1.165, 1.54) is 26.2 Å². The number of benzene rings is 1. The van der Waals surface area contributed by atoms with Crippen LogP contribution in [0.4, 0.5) is 5.69 Å². The molecule has 0 spiro atoms. The van der Waals surface area contributed by atoms with Crippen molar-refractivity contribution < 1.29 is 21.6 Å². The molecule has 0 radical (unpaired) electrons. The summed E-state index contributed by atoms with van der Waals surface area (Å²) in [5, 5.41) is 1.73. The monoisotopic (exact) mass is 469 g/mol. The number of rotatable bonds is 4. The minimum absolute atomic E-state index is 0.170. The van der Waals surface area contributed by atoms with Crippen LogP contribution < -0.4 is 4.31 Å². The van der Waals surface area contributed by atoms with Crippen LogP contribution in [0.2, 0.25) is 0 Å². The maximum Gasteiger partial charge on any atom is 0.253 e. The molecule has 3 heterocycles. The first-order valence-electron chi connectivity index (χ1n) is 9.54. The van der Waals surface area contributed by atoms with Gasteiger partial charge in [0.15, 0.2) is 0 Å². The van der Waals surface area contributed by atoms with Crippen LogP contribution >= 0.6 is 11.3 Å². The van der Waals surface area contributed by atoms with Crippen LogP contribution in [0.25, 0.3) is 0 Å². The van der Waals surface area contributed by atoms with E-state index in [9.17, 15) is 21.6 Å². The number of carbonyl (C=O) groups is 1. The van der Waals surface area contributed by atoms with Crippen molar-refractivity contribution in [1.29, 1.82) is 0 Å². The van der Waals surface area contributed by atoms with Crippen molar-refractivity contribution in [1.82, 2.24) is 9.21 Å². The van der Waals surface area contributed by atoms with E-state index in [-0.39, 0.29) is 25.0 Å². The number of carbonyl (C=O) groups excluding carboxylic acids is 1. The van der Waals surface area contributed by atoms with E-state index in [2.05, 4.69) is 0 Å². The summed E-state index contributed by atoms with van der Waals surface area (Å²) in [5.74, 6) is -0.170. The summed E-state index contributed by atoms with van der Waals surface area (Å²) in [6, 6.07) is 8.19. The van der Waals surface area contributed by atoms with Crippen LogP contribution in [0.5, 0.6) is 0 Å². The van der Waals surface area contributed by atoms with E-state index in [0.717, 1.165) is 5.56 Å². The SMILES string of the molecule is C[C@@H]1Cc2cc(C(=O)N3CCN(S(=O)(=O)c4cccs4)CC3)ccc2N1S(C)(=O)=O. The lowest BCUT2D eigenvalue weighted by Gasteiger charge is -2.33. The Hall–Kier alpha value is -1.95. The first kappa shape index (κ1) is 21.3. The first-order chi connectivity index (χ1) is 14.1. The van der Waals surface area contributed by atoms with Crippen molar-refractivity contribution in [2.75, 3.05) is 36.7 Å². The van der Waals surface area contributed by atoms with Gasteiger partial charge >= 0.3 is 0 Å².